The standard InChI is InChI=1S/C13H27NP/c1-13-7-11-14(15(2)12-8-13)9-5-3-4-6-10-14/h13H,3-12H2,1-2H3/q+1. The lowest BCUT2D eigenvalue weighted by Gasteiger charge is -2.41. The van der Waals surface area contributed by atoms with Crippen LogP contribution in [0.1, 0.15) is 45.4 Å². The van der Waals surface area contributed by atoms with E-state index in [0.29, 0.717) is 0 Å². The minimum Gasteiger partial charge on any atom is -0.310 e. The van der Waals surface area contributed by atoms with Crippen LogP contribution in [0.5, 0.6) is 0 Å². The highest BCUT2D eigenvalue weighted by Crippen LogP contribution is 2.49. The fourth-order valence-electron chi connectivity index (χ4n) is 3.24. The van der Waals surface area contributed by atoms with E-state index in [1.165, 1.54) is 64.3 Å². The summed E-state index contributed by atoms with van der Waals surface area (Å²) in [6, 6.07) is 0. The Labute approximate surface area is 96.6 Å². The minimum absolute atomic E-state index is 0.273. The van der Waals surface area contributed by atoms with Gasteiger partial charge in [-0.15, -0.1) is 0 Å². The molecule has 2 aliphatic heterocycles. The van der Waals surface area contributed by atoms with Crippen LogP contribution in [0.15, 0.2) is 0 Å². The van der Waals surface area contributed by atoms with Gasteiger partial charge in [0.2, 0.25) is 0 Å². The molecule has 15 heavy (non-hydrogen) atoms. The molecule has 0 N–H and O–H groups in total. The van der Waals surface area contributed by atoms with Gasteiger partial charge in [-0.1, -0.05) is 6.92 Å². The normalized spacial score (nSPS) is 37.2. The summed E-state index contributed by atoms with van der Waals surface area (Å²) in [6.45, 7) is 9.56. The van der Waals surface area contributed by atoms with Crippen LogP contribution in [-0.4, -0.2) is 36.7 Å². The van der Waals surface area contributed by atoms with Crippen LogP contribution in [0.3, 0.4) is 0 Å². The van der Waals surface area contributed by atoms with E-state index in [1.807, 2.05) is 0 Å². The monoisotopic (exact) mass is 228 g/mol. The Morgan fingerprint density at radius 1 is 0.933 bits per heavy atom. The molecule has 2 unspecified atom stereocenters. The van der Waals surface area contributed by atoms with Gasteiger partial charge in [0.25, 0.3) is 0 Å². The third-order valence-electron chi connectivity index (χ3n) is 4.61. The van der Waals surface area contributed by atoms with Crippen molar-refractivity contribution in [3.05, 3.63) is 0 Å². The molecule has 88 valence electrons. The summed E-state index contributed by atoms with van der Waals surface area (Å²) < 4.78 is 1.54. The molecule has 1 nitrogen and oxygen atoms in total. The molecule has 0 aromatic rings. The van der Waals surface area contributed by atoms with E-state index in [0.717, 1.165) is 5.92 Å². The molecule has 2 fully saturated rings. The Morgan fingerprint density at radius 3 is 2.27 bits per heavy atom. The first-order valence-electron chi connectivity index (χ1n) is 6.81. The van der Waals surface area contributed by atoms with Crippen LogP contribution in [0.4, 0.5) is 0 Å². The number of hydrogen-bond acceptors (Lipinski definition) is 0. The van der Waals surface area contributed by atoms with E-state index in [2.05, 4.69) is 13.6 Å². The molecular weight excluding hydrogens is 201 g/mol. The van der Waals surface area contributed by atoms with Gasteiger partial charge in [-0.05, 0) is 44.4 Å². The summed E-state index contributed by atoms with van der Waals surface area (Å²) in [5, 5.41) is 0. The molecule has 2 rings (SSSR count). The fraction of sp³-hybridized carbons (Fsp3) is 1.00. The molecule has 0 saturated carbocycles. The summed E-state index contributed by atoms with van der Waals surface area (Å²) in [6.07, 6.45) is 10.5. The molecule has 2 heterocycles. The lowest BCUT2D eigenvalue weighted by molar-refractivity contribution is -0.807. The molecule has 0 amide bonds. The number of hydrogen-bond donors (Lipinski definition) is 0. The molecule has 0 aliphatic carbocycles. The van der Waals surface area contributed by atoms with E-state index < -0.39 is 0 Å². The van der Waals surface area contributed by atoms with Crippen molar-refractivity contribution in [2.45, 2.75) is 45.4 Å². The summed E-state index contributed by atoms with van der Waals surface area (Å²) in [4.78, 5) is 0. The van der Waals surface area contributed by atoms with Gasteiger partial charge in [-0.25, -0.2) is 0 Å². The zero-order chi connectivity index (χ0) is 10.7. The molecule has 0 aromatic heterocycles. The first kappa shape index (κ1) is 11.9. The van der Waals surface area contributed by atoms with E-state index in [9.17, 15) is 0 Å². The topological polar surface area (TPSA) is 0 Å². The smallest absolute Gasteiger partial charge is 0.100 e. The molecule has 2 saturated heterocycles. The average molecular weight is 228 g/mol. The zero-order valence-corrected chi connectivity index (χ0v) is 11.4. The van der Waals surface area contributed by atoms with Gasteiger partial charge in [0.05, 0.1) is 19.6 Å². The second-order valence-electron chi connectivity index (χ2n) is 5.74. The van der Waals surface area contributed by atoms with Crippen LogP contribution < -0.4 is 0 Å². The highest BCUT2D eigenvalue weighted by molar-refractivity contribution is 7.50. The molecule has 0 bridgehead atoms. The van der Waals surface area contributed by atoms with Crippen molar-refractivity contribution in [2.75, 3.05) is 32.5 Å². The van der Waals surface area contributed by atoms with Crippen molar-refractivity contribution in [2.24, 2.45) is 5.92 Å². The van der Waals surface area contributed by atoms with Gasteiger partial charge in [-0.2, -0.15) is 0 Å². The van der Waals surface area contributed by atoms with Gasteiger partial charge in [0.1, 0.15) is 8.07 Å². The summed E-state index contributed by atoms with van der Waals surface area (Å²) >= 11 is 0. The van der Waals surface area contributed by atoms with Crippen molar-refractivity contribution in [1.29, 1.82) is 0 Å². The van der Waals surface area contributed by atoms with Gasteiger partial charge in [-0.3, -0.25) is 0 Å². The lowest BCUT2D eigenvalue weighted by Crippen LogP contribution is -2.44. The SMILES string of the molecule is CC1CCP(C)[N+]2(CCCCCC2)CC1. The van der Waals surface area contributed by atoms with Gasteiger partial charge in [0, 0.05) is 12.8 Å². The molecule has 2 heteroatoms. The summed E-state index contributed by atoms with van der Waals surface area (Å²) in [5.41, 5.74) is 0. The Kier molecular flexibility index (Phi) is 4.07. The van der Waals surface area contributed by atoms with E-state index in [1.54, 1.807) is 4.25 Å². The second-order valence-corrected chi connectivity index (χ2v) is 8.35. The minimum atomic E-state index is 0.273. The predicted molar refractivity (Wildman–Crippen MR) is 69.4 cm³/mol. The quantitative estimate of drug-likeness (QED) is 0.553. The fourth-order valence-corrected chi connectivity index (χ4v) is 5.90. The second kappa shape index (κ2) is 5.15. The van der Waals surface area contributed by atoms with Crippen molar-refractivity contribution < 1.29 is 4.25 Å². The Hall–Kier alpha value is 0.390. The Bertz CT molecular complexity index is 197. The summed E-state index contributed by atoms with van der Waals surface area (Å²) in [7, 11) is 0.273. The zero-order valence-electron chi connectivity index (χ0n) is 10.5. The lowest BCUT2D eigenvalue weighted by atomic mass is 10.1. The van der Waals surface area contributed by atoms with Crippen molar-refractivity contribution in [3.63, 3.8) is 0 Å². The third-order valence-corrected chi connectivity index (χ3v) is 7.56. The molecule has 0 radical (unpaired) electrons. The van der Waals surface area contributed by atoms with Crippen molar-refractivity contribution in [1.82, 2.24) is 0 Å². The van der Waals surface area contributed by atoms with Crippen LogP contribution in [0.2, 0.25) is 0 Å². The summed E-state index contributed by atoms with van der Waals surface area (Å²) in [5.74, 6) is 0.996. The van der Waals surface area contributed by atoms with Crippen LogP contribution in [-0.2, 0) is 0 Å². The molecule has 0 aromatic carbocycles. The Balaban J connectivity index is 2.07. The predicted octanol–water partition coefficient (Wildman–Crippen LogP) is 3.83. The molecular formula is C13H27NP+. The van der Waals surface area contributed by atoms with Gasteiger partial charge >= 0.3 is 0 Å². The van der Waals surface area contributed by atoms with Gasteiger partial charge < -0.3 is 4.25 Å². The van der Waals surface area contributed by atoms with Crippen LogP contribution >= 0.6 is 8.07 Å². The maximum absolute atomic E-state index is 2.58. The molecule has 2 aliphatic rings. The van der Waals surface area contributed by atoms with E-state index in [-0.39, 0.29) is 8.07 Å². The van der Waals surface area contributed by atoms with Gasteiger partial charge in [0.15, 0.2) is 0 Å². The first-order valence-corrected chi connectivity index (χ1v) is 8.73. The number of quaternary nitrogens is 1. The first-order chi connectivity index (χ1) is 7.23. The maximum Gasteiger partial charge on any atom is 0.100 e. The number of rotatable bonds is 0. The average Bonchev–Trinajstić information content (AvgIpc) is 2.55. The highest BCUT2D eigenvalue weighted by Gasteiger charge is 2.37. The van der Waals surface area contributed by atoms with Crippen LogP contribution in [0.25, 0.3) is 0 Å². The highest BCUT2D eigenvalue weighted by atomic mass is 31.1. The van der Waals surface area contributed by atoms with Crippen molar-refractivity contribution >= 4 is 8.07 Å². The molecule has 1 spiro atoms. The Morgan fingerprint density at radius 2 is 1.60 bits per heavy atom. The van der Waals surface area contributed by atoms with E-state index in [4.69, 9.17) is 0 Å². The van der Waals surface area contributed by atoms with Crippen molar-refractivity contribution in [3.8, 4) is 0 Å². The van der Waals surface area contributed by atoms with E-state index >= 15 is 0 Å². The largest absolute Gasteiger partial charge is 0.310 e. The molecule has 2 atom stereocenters. The maximum atomic E-state index is 2.58. The number of nitrogens with zero attached hydrogens (tertiary/aromatic N) is 1. The third kappa shape index (κ3) is 2.74. The van der Waals surface area contributed by atoms with Crippen LogP contribution in [0, 0.1) is 5.92 Å².